The van der Waals surface area contributed by atoms with Gasteiger partial charge in [0.15, 0.2) is 0 Å². The lowest BCUT2D eigenvalue weighted by Crippen LogP contribution is -2.03. The minimum atomic E-state index is 0.879. The van der Waals surface area contributed by atoms with Crippen LogP contribution in [0.4, 0.5) is 5.82 Å². The number of nitrogens with zero attached hydrogens (tertiary/aromatic N) is 2. The van der Waals surface area contributed by atoms with Crippen molar-refractivity contribution in [3.8, 4) is 0 Å². The largest absolute Gasteiger partial charge is 0.370 e. The average Bonchev–Trinajstić information content (AvgIpc) is 2.19. The Morgan fingerprint density at radius 3 is 3.08 bits per heavy atom. The maximum absolute atomic E-state index is 4.11. The fourth-order valence-corrected chi connectivity index (χ4v) is 0.990. The minimum absolute atomic E-state index is 0.879. The SMILES string of the molecule is C=CCCNc1cc(CC)ncn1. The molecule has 0 amide bonds. The number of aryl methyl sites for hydroxylation is 1. The molecule has 0 radical (unpaired) electrons. The molecule has 0 atom stereocenters. The molecule has 70 valence electrons. The summed E-state index contributed by atoms with van der Waals surface area (Å²) in [5.41, 5.74) is 1.07. The summed E-state index contributed by atoms with van der Waals surface area (Å²) < 4.78 is 0. The Hall–Kier alpha value is -1.38. The van der Waals surface area contributed by atoms with Gasteiger partial charge in [0.05, 0.1) is 0 Å². The summed E-state index contributed by atoms with van der Waals surface area (Å²) in [6, 6.07) is 1.98. The van der Waals surface area contributed by atoms with Gasteiger partial charge in [-0.05, 0) is 12.8 Å². The molecule has 3 heteroatoms. The Morgan fingerprint density at radius 2 is 2.38 bits per heavy atom. The van der Waals surface area contributed by atoms with Crippen molar-refractivity contribution in [2.75, 3.05) is 11.9 Å². The molecular weight excluding hydrogens is 162 g/mol. The summed E-state index contributed by atoms with van der Waals surface area (Å²) in [4.78, 5) is 8.22. The zero-order valence-corrected chi connectivity index (χ0v) is 7.95. The number of aromatic nitrogens is 2. The van der Waals surface area contributed by atoms with E-state index in [0.29, 0.717) is 0 Å². The molecule has 1 aromatic rings. The molecule has 0 aliphatic heterocycles. The van der Waals surface area contributed by atoms with Gasteiger partial charge in [-0.15, -0.1) is 6.58 Å². The Bertz CT molecular complexity index is 271. The number of hydrogen-bond acceptors (Lipinski definition) is 3. The summed E-state index contributed by atoms with van der Waals surface area (Å²) in [6.45, 7) is 6.61. The summed E-state index contributed by atoms with van der Waals surface area (Å²) >= 11 is 0. The van der Waals surface area contributed by atoms with Gasteiger partial charge < -0.3 is 5.32 Å². The quantitative estimate of drug-likeness (QED) is 0.552. The fraction of sp³-hybridized carbons (Fsp3) is 0.400. The molecule has 0 aliphatic rings. The summed E-state index contributed by atoms with van der Waals surface area (Å²) in [7, 11) is 0. The van der Waals surface area contributed by atoms with E-state index in [1.807, 2.05) is 12.1 Å². The monoisotopic (exact) mass is 177 g/mol. The Morgan fingerprint density at radius 1 is 1.54 bits per heavy atom. The van der Waals surface area contributed by atoms with Crippen LogP contribution in [-0.2, 0) is 6.42 Å². The molecule has 0 aliphatic carbocycles. The third kappa shape index (κ3) is 3.23. The number of anilines is 1. The number of rotatable bonds is 5. The first-order chi connectivity index (χ1) is 6.36. The Balaban J connectivity index is 2.50. The van der Waals surface area contributed by atoms with Crippen molar-refractivity contribution >= 4 is 5.82 Å². The Kier molecular flexibility index (Phi) is 3.96. The van der Waals surface area contributed by atoms with Gasteiger partial charge in [0, 0.05) is 18.3 Å². The molecule has 0 saturated heterocycles. The van der Waals surface area contributed by atoms with E-state index in [0.717, 1.165) is 30.9 Å². The molecule has 1 rings (SSSR count). The van der Waals surface area contributed by atoms with Crippen LogP contribution in [0.25, 0.3) is 0 Å². The lowest BCUT2D eigenvalue weighted by molar-refractivity contribution is 0.980. The van der Waals surface area contributed by atoms with Crippen LogP contribution in [0.15, 0.2) is 25.0 Å². The summed E-state index contributed by atoms with van der Waals surface area (Å²) in [6.07, 6.45) is 5.37. The van der Waals surface area contributed by atoms with Gasteiger partial charge in [-0.25, -0.2) is 9.97 Å². The maximum Gasteiger partial charge on any atom is 0.129 e. The van der Waals surface area contributed by atoms with Crippen molar-refractivity contribution < 1.29 is 0 Å². The zero-order chi connectivity index (χ0) is 9.52. The predicted molar refractivity (Wildman–Crippen MR) is 54.7 cm³/mol. The molecule has 0 spiro atoms. The second-order valence-electron chi connectivity index (χ2n) is 2.75. The first-order valence-electron chi connectivity index (χ1n) is 4.52. The standard InChI is InChI=1S/C10H15N3/c1-3-5-6-11-10-7-9(4-2)12-8-13-10/h3,7-8H,1,4-6H2,2H3,(H,11,12,13). The minimum Gasteiger partial charge on any atom is -0.370 e. The van der Waals surface area contributed by atoms with Crippen LogP contribution >= 0.6 is 0 Å². The highest BCUT2D eigenvalue weighted by Gasteiger charge is 1.94. The van der Waals surface area contributed by atoms with Gasteiger partial charge in [-0.2, -0.15) is 0 Å². The van der Waals surface area contributed by atoms with E-state index in [9.17, 15) is 0 Å². The molecule has 0 aromatic carbocycles. The van der Waals surface area contributed by atoms with E-state index in [2.05, 4.69) is 28.8 Å². The molecule has 0 saturated carbocycles. The van der Waals surface area contributed by atoms with Crippen molar-refractivity contribution in [3.63, 3.8) is 0 Å². The van der Waals surface area contributed by atoms with Crippen LogP contribution in [0.1, 0.15) is 19.0 Å². The van der Waals surface area contributed by atoms with Gasteiger partial charge in [0.1, 0.15) is 12.1 Å². The van der Waals surface area contributed by atoms with E-state index >= 15 is 0 Å². The first kappa shape index (κ1) is 9.71. The second kappa shape index (κ2) is 5.30. The molecule has 13 heavy (non-hydrogen) atoms. The average molecular weight is 177 g/mol. The van der Waals surface area contributed by atoms with Crippen molar-refractivity contribution in [1.29, 1.82) is 0 Å². The molecule has 0 fully saturated rings. The highest BCUT2D eigenvalue weighted by Crippen LogP contribution is 2.03. The van der Waals surface area contributed by atoms with Gasteiger partial charge in [0.2, 0.25) is 0 Å². The lowest BCUT2D eigenvalue weighted by atomic mass is 10.3. The summed E-state index contributed by atoms with van der Waals surface area (Å²) in [5, 5.41) is 3.20. The maximum atomic E-state index is 4.11. The molecule has 1 heterocycles. The van der Waals surface area contributed by atoms with Gasteiger partial charge >= 0.3 is 0 Å². The topological polar surface area (TPSA) is 37.8 Å². The van der Waals surface area contributed by atoms with Crippen LogP contribution < -0.4 is 5.32 Å². The third-order valence-corrected chi connectivity index (χ3v) is 1.74. The van der Waals surface area contributed by atoms with Crippen LogP contribution in [0, 0.1) is 0 Å². The van der Waals surface area contributed by atoms with Crippen LogP contribution in [0.2, 0.25) is 0 Å². The van der Waals surface area contributed by atoms with Crippen molar-refractivity contribution in [2.45, 2.75) is 19.8 Å². The van der Waals surface area contributed by atoms with Crippen molar-refractivity contribution in [1.82, 2.24) is 9.97 Å². The second-order valence-corrected chi connectivity index (χ2v) is 2.75. The van der Waals surface area contributed by atoms with Crippen molar-refractivity contribution in [3.05, 3.63) is 30.7 Å². The van der Waals surface area contributed by atoms with E-state index in [1.54, 1.807) is 6.33 Å². The third-order valence-electron chi connectivity index (χ3n) is 1.74. The van der Waals surface area contributed by atoms with Gasteiger partial charge in [0.25, 0.3) is 0 Å². The lowest BCUT2D eigenvalue weighted by Gasteiger charge is -2.03. The first-order valence-corrected chi connectivity index (χ1v) is 4.52. The molecule has 1 aromatic heterocycles. The molecule has 1 N–H and O–H groups in total. The van der Waals surface area contributed by atoms with Crippen LogP contribution in [0.3, 0.4) is 0 Å². The normalized spacial score (nSPS) is 9.62. The molecular formula is C10H15N3. The van der Waals surface area contributed by atoms with Crippen LogP contribution in [-0.4, -0.2) is 16.5 Å². The van der Waals surface area contributed by atoms with E-state index < -0.39 is 0 Å². The van der Waals surface area contributed by atoms with Crippen molar-refractivity contribution in [2.24, 2.45) is 0 Å². The fourth-order valence-electron chi connectivity index (χ4n) is 0.990. The van der Waals surface area contributed by atoms with Crippen LogP contribution in [0.5, 0.6) is 0 Å². The smallest absolute Gasteiger partial charge is 0.129 e. The Labute approximate surface area is 78.9 Å². The van der Waals surface area contributed by atoms with E-state index in [4.69, 9.17) is 0 Å². The summed E-state index contributed by atoms with van der Waals surface area (Å²) in [5.74, 6) is 0.897. The predicted octanol–water partition coefficient (Wildman–Crippen LogP) is 2.03. The van der Waals surface area contributed by atoms with E-state index in [-0.39, 0.29) is 0 Å². The number of hydrogen-bond donors (Lipinski definition) is 1. The van der Waals surface area contributed by atoms with E-state index in [1.165, 1.54) is 0 Å². The molecule has 0 unspecified atom stereocenters. The van der Waals surface area contributed by atoms with Gasteiger partial charge in [-0.3, -0.25) is 0 Å². The highest BCUT2D eigenvalue weighted by atomic mass is 15.0. The molecule has 0 bridgehead atoms. The number of nitrogens with one attached hydrogen (secondary N) is 1. The highest BCUT2D eigenvalue weighted by molar-refractivity contribution is 5.34. The van der Waals surface area contributed by atoms with Gasteiger partial charge in [-0.1, -0.05) is 13.0 Å². The zero-order valence-electron chi connectivity index (χ0n) is 7.95. The molecule has 3 nitrogen and oxygen atoms in total.